The van der Waals surface area contributed by atoms with E-state index in [0.29, 0.717) is 23.4 Å². The lowest BCUT2D eigenvalue weighted by Crippen LogP contribution is -2.39. The fraction of sp³-hybridized carbons (Fsp3) is 0.348. The maximum absolute atomic E-state index is 11.1. The summed E-state index contributed by atoms with van der Waals surface area (Å²) in [4.78, 5) is 9.32. The summed E-state index contributed by atoms with van der Waals surface area (Å²) in [5.74, 6) is 0.456. The van der Waals surface area contributed by atoms with Gasteiger partial charge in [0.15, 0.2) is 0 Å². The molecule has 3 N–H and O–H groups in total. The molecule has 0 spiro atoms. The van der Waals surface area contributed by atoms with Crippen molar-refractivity contribution in [2.75, 3.05) is 0 Å². The van der Waals surface area contributed by atoms with Crippen LogP contribution in [-0.2, 0) is 5.60 Å². The molecule has 1 aromatic heterocycles. The molecule has 6 nitrogen and oxygen atoms in total. The van der Waals surface area contributed by atoms with Crippen LogP contribution in [0.5, 0.6) is 0 Å². The van der Waals surface area contributed by atoms with Crippen LogP contribution in [0, 0.1) is 17.2 Å². The Bertz CT molecular complexity index is 1100. The molecule has 148 valence electrons. The van der Waals surface area contributed by atoms with E-state index in [1.54, 1.807) is 13.0 Å². The second-order valence-corrected chi connectivity index (χ2v) is 7.95. The van der Waals surface area contributed by atoms with E-state index in [4.69, 9.17) is 5.73 Å². The number of aliphatic imine (C=N–C) groups is 1. The second-order valence-electron chi connectivity index (χ2n) is 7.95. The van der Waals surface area contributed by atoms with E-state index >= 15 is 0 Å². The van der Waals surface area contributed by atoms with Gasteiger partial charge in [0.25, 0.3) is 0 Å². The lowest BCUT2D eigenvalue weighted by Gasteiger charge is -2.31. The van der Waals surface area contributed by atoms with Gasteiger partial charge in [0, 0.05) is 12.0 Å². The quantitative estimate of drug-likeness (QED) is 0.507. The molecule has 29 heavy (non-hydrogen) atoms. The van der Waals surface area contributed by atoms with E-state index < -0.39 is 11.5 Å². The van der Waals surface area contributed by atoms with Crippen LogP contribution in [0.4, 0.5) is 5.95 Å². The van der Waals surface area contributed by atoms with E-state index in [9.17, 15) is 10.4 Å². The number of aromatic nitrogens is 2. The van der Waals surface area contributed by atoms with Gasteiger partial charge in [-0.15, -0.1) is 0 Å². The van der Waals surface area contributed by atoms with Crippen molar-refractivity contribution in [2.45, 2.75) is 44.8 Å². The van der Waals surface area contributed by atoms with Gasteiger partial charge < -0.3 is 15.4 Å². The van der Waals surface area contributed by atoms with Crippen molar-refractivity contribution in [1.82, 2.24) is 9.55 Å². The largest absolute Gasteiger partial charge is 0.387 e. The lowest BCUT2D eigenvalue weighted by atomic mass is 9.83. The maximum Gasteiger partial charge on any atom is 0.232 e. The van der Waals surface area contributed by atoms with Gasteiger partial charge in [-0.3, -0.25) is 0 Å². The summed E-state index contributed by atoms with van der Waals surface area (Å²) in [7, 11) is 0. The zero-order valence-corrected chi connectivity index (χ0v) is 16.7. The first kappa shape index (κ1) is 19.2. The normalized spacial score (nSPS) is 18.1. The molecular formula is C23H25N5O. The van der Waals surface area contributed by atoms with E-state index in [1.807, 2.05) is 49.4 Å². The molecule has 2 aromatic carbocycles. The molecule has 1 unspecified atom stereocenters. The zero-order chi connectivity index (χ0) is 20.6. The lowest BCUT2D eigenvalue weighted by molar-refractivity contribution is 0.0273. The van der Waals surface area contributed by atoms with Gasteiger partial charge in [0.05, 0.1) is 28.3 Å². The molecule has 1 aliphatic rings. The van der Waals surface area contributed by atoms with Crippen molar-refractivity contribution in [3.63, 3.8) is 0 Å². The summed E-state index contributed by atoms with van der Waals surface area (Å²) >= 11 is 0. The van der Waals surface area contributed by atoms with E-state index in [0.717, 1.165) is 29.4 Å². The Hall–Kier alpha value is -3.17. The standard InChI is InChI=1S/C23H25N5O/c1-15(23(2,29)17-7-4-3-5-8-17)21(25)27-22-26-19-12-11-16(14-24)13-20(19)28(22)18-9-6-10-18/h3-5,7-8,11-13,15,18,29H,6,9-10H2,1-2H3,(H2,25,26,27)/t15?,23-/m0/s1. The first-order valence-corrected chi connectivity index (χ1v) is 9.96. The Morgan fingerprint density at radius 3 is 2.66 bits per heavy atom. The number of fused-ring (bicyclic) bond motifs is 1. The molecule has 0 saturated heterocycles. The number of nitrogens with two attached hydrogens (primary N) is 1. The molecule has 1 aliphatic carbocycles. The van der Waals surface area contributed by atoms with Gasteiger partial charge in [-0.25, -0.2) is 4.98 Å². The number of benzene rings is 2. The number of hydrogen-bond acceptors (Lipinski definition) is 4. The van der Waals surface area contributed by atoms with Crippen molar-refractivity contribution in [1.29, 1.82) is 5.26 Å². The first-order chi connectivity index (χ1) is 13.9. The summed E-state index contributed by atoms with van der Waals surface area (Å²) in [5, 5.41) is 20.4. The van der Waals surface area contributed by atoms with Crippen LogP contribution in [0.15, 0.2) is 53.5 Å². The van der Waals surface area contributed by atoms with Crippen LogP contribution < -0.4 is 5.73 Å². The minimum atomic E-state index is -1.16. The third kappa shape index (κ3) is 3.39. The minimum Gasteiger partial charge on any atom is -0.387 e. The third-order valence-corrected chi connectivity index (χ3v) is 6.11. The number of nitriles is 1. The van der Waals surface area contributed by atoms with Crippen LogP contribution in [0.3, 0.4) is 0 Å². The SMILES string of the molecule is CC(/C(N)=N/c1nc2ccc(C#N)cc2n1C1CCC1)[C@](C)(O)c1ccccc1. The van der Waals surface area contributed by atoms with Crippen LogP contribution >= 0.6 is 0 Å². The van der Waals surface area contributed by atoms with Gasteiger partial charge >= 0.3 is 0 Å². The average molecular weight is 387 g/mol. The molecule has 2 atom stereocenters. The van der Waals surface area contributed by atoms with Crippen LogP contribution in [0.25, 0.3) is 11.0 Å². The van der Waals surface area contributed by atoms with E-state index in [2.05, 4.69) is 20.6 Å². The van der Waals surface area contributed by atoms with Gasteiger partial charge in [-0.1, -0.05) is 37.3 Å². The first-order valence-electron chi connectivity index (χ1n) is 9.96. The Labute approximate surface area is 170 Å². The predicted octanol–water partition coefficient (Wildman–Crippen LogP) is 4.17. The van der Waals surface area contributed by atoms with Gasteiger partial charge in [0.2, 0.25) is 5.95 Å². The van der Waals surface area contributed by atoms with Crippen LogP contribution in [-0.4, -0.2) is 20.5 Å². The highest BCUT2D eigenvalue weighted by Gasteiger charge is 2.33. The molecule has 1 saturated carbocycles. The Balaban J connectivity index is 1.76. The summed E-state index contributed by atoms with van der Waals surface area (Å²) in [6, 6.07) is 17.5. The summed E-state index contributed by atoms with van der Waals surface area (Å²) < 4.78 is 2.09. The molecule has 3 aromatic rings. The topological polar surface area (TPSA) is 100 Å². The van der Waals surface area contributed by atoms with E-state index in [1.165, 1.54) is 6.42 Å². The fourth-order valence-corrected chi connectivity index (χ4v) is 3.76. The highest BCUT2D eigenvalue weighted by atomic mass is 16.3. The monoisotopic (exact) mass is 387 g/mol. The number of rotatable bonds is 5. The number of nitrogens with zero attached hydrogens (tertiary/aromatic N) is 4. The van der Waals surface area contributed by atoms with Gasteiger partial charge in [-0.05, 0) is 49.9 Å². The molecular weight excluding hydrogens is 362 g/mol. The van der Waals surface area contributed by atoms with Crippen LogP contribution in [0.2, 0.25) is 0 Å². The van der Waals surface area contributed by atoms with Crippen molar-refractivity contribution in [3.05, 3.63) is 59.7 Å². The second kappa shape index (κ2) is 7.34. The van der Waals surface area contributed by atoms with Crippen molar-refractivity contribution < 1.29 is 5.11 Å². The highest BCUT2D eigenvalue weighted by Crippen LogP contribution is 2.38. The fourth-order valence-electron chi connectivity index (χ4n) is 3.76. The summed E-state index contributed by atoms with van der Waals surface area (Å²) in [5.41, 5.74) is 8.30. The number of amidine groups is 1. The molecule has 1 fully saturated rings. The molecule has 0 radical (unpaired) electrons. The van der Waals surface area contributed by atoms with Gasteiger partial charge in [0.1, 0.15) is 5.84 Å². The highest BCUT2D eigenvalue weighted by molar-refractivity contribution is 5.87. The maximum atomic E-state index is 11.1. The third-order valence-electron chi connectivity index (χ3n) is 6.11. The Kier molecular flexibility index (Phi) is 4.85. The van der Waals surface area contributed by atoms with Crippen LogP contribution in [0.1, 0.15) is 50.3 Å². The molecule has 1 heterocycles. The number of imidazole rings is 1. The van der Waals surface area contributed by atoms with Crippen molar-refractivity contribution in [3.8, 4) is 6.07 Å². The summed E-state index contributed by atoms with van der Waals surface area (Å²) in [6.07, 6.45) is 3.28. The smallest absolute Gasteiger partial charge is 0.232 e. The number of aliphatic hydroxyl groups is 1. The summed E-state index contributed by atoms with van der Waals surface area (Å²) in [6.45, 7) is 3.62. The Morgan fingerprint density at radius 1 is 1.31 bits per heavy atom. The number of hydrogen-bond donors (Lipinski definition) is 2. The average Bonchev–Trinajstić information content (AvgIpc) is 3.03. The molecule has 0 bridgehead atoms. The Morgan fingerprint density at radius 2 is 2.03 bits per heavy atom. The minimum absolute atomic E-state index is 0.311. The van der Waals surface area contributed by atoms with Crippen molar-refractivity contribution in [2.24, 2.45) is 16.6 Å². The predicted molar refractivity (Wildman–Crippen MR) is 114 cm³/mol. The molecule has 0 amide bonds. The van der Waals surface area contributed by atoms with Crippen molar-refractivity contribution >= 4 is 22.8 Å². The van der Waals surface area contributed by atoms with Gasteiger partial charge in [-0.2, -0.15) is 10.3 Å². The molecule has 0 aliphatic heterocycles. The van der Waals surface area contributed by atoms with E-state index in [-0.39, 0.29) is 0 Å². The zero-order valence-electron chi connectivity index (χ0n) is 16.7. The molecule has 6 heteroatoms. The molecule has 4 rings (SSSR count).